The molecule has 27 heavy (non-hydrogen) atoms. The average Bonchev–Trinajstić information content (AvgIpc) is 2.65. The van der Waals surface area contributed by atoms with E-state index in [4.69, 9.17) is 16.3 Å². The lowest BCUT2D eigenvalue weighted by atomic mass is 10.1. The minimum atomic E-state index is 0.693. The number of rotatable bonds is 7. The molecule has 0 unspecified atom stereocenters. The molecule has 0 aliphatic carbocycles. The highest BCUT2D eigenvalue weighted by molar-refractivity contribution is 6.31. The molecule has 3 aromatic rings. The molecule has 0 atom stereocenters. The fraction of sp³-hybridized carbons (Fsp3) is 0.238. The zero-order chi connectivity index (χ0) is 19.2. The van der Waals surface area contributed by atoms with Crippen molar-refractivity contribution >= 4 is 28.9 Å². The zero-order valence-electron chi connectivity index (χ0n) is 15.7. The van der Waals surface area contributed by atoms with E-state index in [2.05, 4.69) is 26.7 Å². The van der Waals surface area contributed by atoms with E-state index in [1.165, 1.54) is 0 Å². The van der Waals surface area contributed by atoms with Gasteiger partial charge in [0.05, 0.1) is 7.11 Å². The SMILES string of the molecule is COc1ccccc1CCNc1cc(Nc2ccc(C)c(Cl)c2)nc(C)n1. The molecule has 1 aromatic heterocycles. The molecule has 0 fully saturated rings. The third-order valence-electron chi connectivity index (χ3n) is 4.18. The molecule has 0 radical (unpaired) electrons. The van der Waals surface area contributed by atoms with E-state index in [-0.39, 0.29) is 0 Å². The van der Waals surface area contributed by atoms with Crippen LogP contribution < -0.4 is 15.4 Å². The third-order valence-corrected chi connectivity index (χ3v) is 4.58. The Hall–Kier alpha value is -2.79. The summed E-state index contributed by atoms with van der Waals surface area (Å²) in [5, 5.41) is 7.37. The molecule has 0 saturated heterocycles. The van der Waals surface area contributed by atoms with E-state index < -0.39 is 0 Å². The van der Waals surface area contributed by atoms with Crippen molar-refractivity contribution in [3.8, 4) is 5.75 Å². The number of nitrogens with zero attached hydrogens (tertiary/aromatic N) is 2. The van der Waals surface area contributed by atoms with Crippen molar-refractivity contribution in [3.05, 3.63) is 70.5 Å². The smallest absolute Gasteiger partial charge is 0.136 e. The summed E-state index contributed by atoms with van der Waals surface area (Å²) in [4.78, 5) is 8.91. The first-order chi connectivity index (χ1) is 13.0. The number of methoxy groups -OCH3 is 1. The Kier molecular flexibility index (Phi) is 6.14. The lowest BCUT2D eigenvalue weighted by molar-refractivity contribution is 0.410. The Morgan fingerprint density at radius 2 is 1.78 bits per heavy atom. The van der Waals surface area contributed by atoms with E-state index in [0.29, 0.717) is 5.82 Å². The van der Waals surface area contributed by atoms with Crippen molar-refractivity contribution in [3.63, 3.8) is 0 Å². The van der Waals surface area contributed by atoms with Gasteiger partial charge >= 0.3 is 0 Å². The van der Waals surface area contributed by atoms with Crippen LogP contribution in [0.5, 0.6) is 5.75 Å². The Morgan fingerprint density at radius 1 is 1.00 bits per heavy atom. The van der Waals surface area contributed by atoms with Gasteiger partial charge in [0.2, 0.25) is 0 Å². The predicted molar refractivity (Wildman–Crippen MR) is 111 cm³/mol. The molecule has 1 heterocycles. The molecular formula is C21H23ClN4O. The van der Waals surface area contributed by atoms with E-state index >= 15 is 0 Å². The highest BCUT2D eigenvalue weighted by Gasteiger charge is 2.05. The minimum Gasteiger partial charge on any atom is -0.496 e. The largest absolute Gasteiger partial charge is 0.496 e. The zero-order valence-corrected chi connectivity index (χ0v) is 16.5. The second-order valence-electron chi connectivity index (χ2n) is 6.26. The van der Waals surface area contributed by atoms with Crippen molar-refractivity contribution in [2.45, 2.75) is 20.3 Å². The topological polar surface area (TPSA) is 59.1 Å². The quantitative estimate of drug-likeness (QED) is 0.591. The van der Waals surface area contributed by atoms with Crippen LogP contribution in [0, 0.1) is 13.8 Å². The summed E-state index contributed by atoms with van der Waals surface area (Å²) in [6.07, 6.45) is 0.837. The molecule has 2 N–H and O–H groups in total. The highest BCUT2D eigenvalue weighted by atomic mass is 35.5. The van der Waals surface area contributed by atoms with Crippen LogP contribution in [0.1, 0.15) is 17.0 Å². The number of hydrogen-bond donors (Lipinski definition) is 2. The summed E-state index contributed by atoms with van der Waals surface area (Å²) < 4.78 is 5.40. The Morgan fingerprint density at radius 3 is 2.56 bits per heavy atom. The minimum absolute atomic E-state index is 0.693. The first-order valence-electron chi connectivity index (χ1n) is 8.80. The molecular weight excluding hydrogens is 360 g/mol. The highest BCUT2D eigenvalue weighted by Crippen LogP contribution is 2.23. The maximum absolute atomic E-state index is 6.20. The summed E-state index contributed by atoms with van der Waals surface area (Å²) in [6, 6.07) is 15.8. The van der Waals surface area contributed by atoms with E-state index in [9.17, 15) is 0 Å². The first kappa shape index (κ1) is 19.0. The van der Waals surface area contributed by atoms with Gasteiger partial charge in [0.25, 0.3) is 0 Å². The summed E-state index contributed by atoms with van der Waals surface area (Å²) in [7, 11) is 1.69. The molecule has 140 valence electrons. The van der Waals surface area contributed by atoms with Gasteiger partial charge in [-0.25, -0.2) is 9.97 Å². The van der Waals surface area contributed by atoms with Crippen molar-refractivity contribution in [2.24, 2.45) is 0 Å². The van der Waals surface area contributed by atoms with Gasteiger partial charge in [-0.1, -0.05) is 35.9 Å². The molecule has 6 heteroatoms. The summed E-state index contributed by atoms with van der Waals surface area (Å²) >= 11 is 6.20. The summed E-state index contributed by atoms with van der Waals surface area (Å²) in [5.41, 5.74) is 3.09. The van der Waals surface area contributed by atoms with E-state index in [1.807, 2.05) is 56.3 Å². The van der Waals surface area contributed by atoms with Gasteiger partial charge in [-0.2, -0.15) is 0 Å². The van der Waals surface area contributed by atoms with Crippen LogP contribution in [-0.2, 0) is 6.42 Å². The molecule has 2 aromatic carbocycles. The van der Waals surface area contributed by atoms with Crippen LogP contribution in [0.2, 0.25) is 5.02 Å². The molecule has 0 saturated carbocycles. The summed E-state index contributed by atoms with van der Waals surface area (Å²) in [6.45, 7) is 4.59. The first-order valence-corrected chi connectivity index (χ1v) is 9.17. The standard InChI is InChI=1S/C21H23ClN4O/c1-14-8-9-17(12-18(14)22)26-21-13-20(24-15(2)25-21)23-11-10-16-6-4-5-7-19(16)27-3/h4-9,12-13H,10-11H2,1-3H3,(H2,23,24,25,26). The predicted octanol–water partition coefficient (Wildman–Crippen LogP) is 5.15. The maximum atomic E-state index is 6.20. The number of aromatic nitrogens is 2. The van der Waals surface area contributed by atoms with Crippen molar-refractivity contribution in [1.82, 2.24) is 9.97 Å². The number of benzene rings is 2. The average molecular weight is 383 g/mol. The lowest BCUT2D eigenvalue weighted by Gasteiger charge is -2.12. The molecule has 3 rings (SSSR count). The fourth-order valence-corrected chi connectivity index (χ4v) is 2.96. The maximum Gasteiger partial charge on any atom is 0.136 e. The Bertz CT molecular complexity index is 930. The van der Waals surface area contributed by atoms with Crippen LogP contribution in [0.15, 0.2) is 48.5 Å². The lowest BCUT2D eigenvalue weighted by Crippen LogP contribution is -2.09. The number of anilines is 3. The van der Waals surface area contributed by atoms with Crippen LogP contribution in [0.25, 0.3) is 0 Å². The summed E-state index contributed by atoms with van der Waals surface area (Å²) in [5.74, 6) is 3.09. The van der Waals surface area contributed by atoms with Crippen LogP contribution in [-0.4, -0.2) is 23.6 Å². The van der Waals surface area contributed by atoms with Crippen LogP contribution >= 0.6 is 11.6 Å². The van der Waals surface area contributed by atoms with Crippen LogP contribution in [0.3, 0.4) is 0 Å². The number of nitrogens with one attached hydrogen (secondary N) is 2. The van der Waals surface area contributed by atoms with E-state index in [1.54, 1.807) is 7.11 Å². The normalized spacial score (nSPS) is 10.5. The van der Waals surface area contributed by atoms with Crippen molar-refractivity contribution in [1.29, 1.82) is 0 Å². The molecule has 0 aliphatic rings. The van der Waals surface area contributed by atoms with Crippen LogP contribution in [0.4, 0.5) is 17.3 Å². The molecule has 0 aliphatic heterocycles. The van der Waals surface area contributed by atoms with Gasteiger partial charge in [-0.05, 0) is 49.6 Å². The molecule has 0 spiro atoms. The van der Waals surface area contributed by atoms with Gasteiger partial charge in [-0.15, -0.1) is 0 Å². The van der Waals surface area contributed by atoms with Gasteiger partial charge in [0, 0.05) is 23.3 Å². The number of para-hydroxylation sites is 1. The molecule has 5 nitrogen and oxygen atoms in total. The second kappa shape index (κ2) is 8.73. The van der Waals surface area contributed by atoms with Crippen molar-refractivity contribution < 1.29 is 4.74 Å². The van der Waals surface area contributed by atoms with Gasteiger partial charge in [0.1, 0.15) is 23.2 Å². The Balaban J connectivity index is 1.67. The second-order valence-corrected chi connectivity index (χ2v) is 6.67. The van der Waals surface area contributed by atoms with Gasteiger partial charge < -0.3 is 15.4 Å². The van der Waals surface area contributed by atoms with Crippen molar-refractivity contribution in [2.75, 3.05) is 24.3 Å². The molecule has 0 amide bonds. The monoisotopic (exact) mass is 382 g/mol. The number of hydrogen-bond acceptors (Lipinski definition) is 5. The fourth-order valence-electron chi connectivity index (χ4n) is 2.78. The number of halogens is 1. The number of ether oxygens (including phenoxy) is 1. The third kappa shape index (κ3) is 5.11. The van der Waals surface area contributed by atoms with Gasteiger partial charge in [0.15, 0.2) is 0 Å². The van der Waals surface area contributed by atoms with Gasteiger partial charge in [-0.3, -0.25) is 0 Å². The Labute approximate surface area is 164 Å². The van der Waals surface area contributed by atoms with E-state index in [0.717, 1.165) is 52.2 Å². The molecule has 0 bridgehead atoms. The number of aryl methyl sites for hydroxylation is 2.